The number of nitrogens with zero attached hydrogens (tertiary/aromatic N) is 3. The minimum absolute atomic E-state index is 0.0186. The zero-order valence-corrected chi connectivity index (χ0v) is 14.2. The highest BCUT2D eigenvalue weighted by Crippen LogP contribution is 2.19. The van der Waals surface area contributed by atoms with Crippen molar-refractivity contribution in [1.29, 1.82) is 0 Å². The van der Waals surface area contributed by atoms with Crippen LogP contribution in [0.3, 0.4) is 0 Å². The van der Waals surface area contributed by atoms with E-state index >= 15 is 0 Å². The van der Waals surface area contributed by atoms with Gasteiger partial charge in [0.05, 0.1) is 24.6 Å². The normalized spacial score (nSPS) is 17.9. The van der Waals surface area contributed by atoms with E-state index in [2.05, 4.69) is 4.98 Å². The van der Waals surface area contributed by atoms with Crippen molar-refractivity contribution in [3.05, 3.63) is 35.8 Å². The average Bonchev–Trinajstić information content (AvgIpc) is 2.99. The molecule has 1 amide bonds. The molecule has 0 spiro atoms. The predicted octanol–water partition coefficient (Wildman–Crippen LogP) is 1.99. The van der Waals surface area contributed by atoms with E-state index in [9.17, 15) is 9.59 Å². The van der Waals surface area contributed by atoms with E-state index < -0.39 is 0 Å². The van der Waals surface area contributed by atoms with Gasteiger partial charge in [0.1, 0.15) is 5.65 Å². The highest BCUT2D eigenvalue weighted by Gasteiger charge is 2.29. The van der Waals surface area contributed by atoms with Crippen LogP contribution in [0.2, 0.25) is 0 Å². The number of rotatable bonds is 4. The third kappa shape index (κ3) is 3.42. The third-order valence-electron chi connectivity index (χ3n) is 4.45. The Bertz CT molecular complexity index is 753. The maximum absolute atomic E-state index is 12.6. The van der Waals surface area contributed by atoms with Crippen LogP contribution in [0, 0.1) is 12.8 Å². The Morgan fingerprint density at radius 2 is 2.25 bits per heavy atom. The summed E-state index contributed by atoms with van der Waals surface area (Å²) in [6.45, 7) is 5.33. The molecular formula is C18H23N3O3. The number of fused-ring (bicyclic) bond motifs is 1. The Morgan fingerprint density at radius 3 is 3.00 bits per heavy atom. The highest BCUT2D eigenvalue weighted by molar-refractivity contribution is 5.80. The fraction of sp³-hybridized carbons (Fsp3) is 0.500. The van der Waals surface area contributed by atoms with Crippen molar-refractivity contribution in [2.24, 2.45) is 5.92 Å². The zero-order chi connectivity index (χ0) is 17.1. The molecule has 0 aromatic carbocycles. The van der Waals surface area contributed by atoms with Gasteiger partial charge in [-0.1, -0.05) is 6.07 Å². The second-order valence-electron chi connectivity index (χ2n) is 6.26. The summed E-state index contributed by atoms with van der Waals surface area (Å²) < 4.78 is 7.03. The molecule has 2 aromatic rings. The Kier molecular flexibility index (Phi) is 4.83. The number of ether oxygens (including phenoxy) is 1. The van der Waals surface area contributed by atoms with Crippen LogP contribution in [0.1, 0.15) is 31.0 Å². The third-order valence-corrected chi connectivity index (χ3v) is 4.45. The molecule has 0 radical (unpaired) electrons. The molecule has 24 heavy (non-hydrogen) atoms. The van der Waals surface area contributed by atoms with E-state index in [0.717, 1.165) is 29.7 Å². The van der Waals surface area contributed by atoms with Gasteiger partial charge in [0.2, 0.25) is 5.91 Å². The number of piperidine rings is 1. The number of carbonyl (C=O) groups excluding carboxylic acids is 2. The molecule has 1 atom stereocenters. The van der Waals surface area contributed by atoms with Crippen molar-refractivity contribution >= 4 is 17.5 Å². The largest absolute Gasteiger partial charge is 0.466 e. The van der Waals surface area contributed by atoms with E-state index in [4.69, 9.17) is 4.74 Å². The van der Waals surface area contributed by atoms with Gasteiger partial charge in [-0.2, -0.15) is 0 Å². The van der Waals surface area contributed by atoms with Gasteiger partial charge in [-0.25, -0.2) is 4.98 Å². The number of aromatic nitrogens is 2. The number of amides is 1. The molecule has 0 aliphatic carbocycles. The first-order valence-corrected chi connectivity index (χ1v) is 8.46. The lowest BCUT2D eigenvalue weighted by atomic mass is 9.98. The number of pyridine rings is 1. The van der Waals surface area contributed by atoms with E-state index in [1.807, 2.05) is 35.9 Å². The van der Waals surface area contributed by atoms with E-state index in [1.165, 1.54) is 0 Å². The first-order chi connectivity index (χ1) is 11.6. The first-order valence-electron chi connectivity index (χ1n) is 8.46. The van der Waals surface area contributed by atoms with Crippen molar-refractivity contribution in [2.75, 3.05) is 19.7 Å². The summed E-state index contributed by atoms with van der Waals surface area (Å²) in [5.74, 6) is -0.380. The monoisotopic (exact) mass is 329 g/mol. The first kappa shape index (κ1) is 16.5. The molecule has 1 saturated heterocycles. The minimum Gasteiger partial charge on any atom is -0.466 e. The van der Waals surface area contributed by atoms with Crippen LogP contribution in [-0.2, 0) is 20.7 Å². The lowest BCUT2D eigenvalue weighted by Gasteiger charge is -2.31. The summed E-state index contributed by atoms with van der Waals surface area (Å²) in [5.41, 5.74) is 2.72. The second kappa shape index (κ2) is 7.03. The lowest BCUT2D eigenvalue weighted by molar-refractivity contribution is -0.151. The van der Waals surface area contributed by atoms with E-state index in [-0.39, 0.29) is 24.2 Å². The molecular weight excluding hydrogens is 306 g/mol. The lowest BCUT2D eigenvalue weighted by Crippen LogP contribution is -2.43. The smallest absolute Gasteiger partial charge is 0.310 e. The van der Waals surface area contributed by atoms with Crippen molar-refractivity contribution in [3.8, 4) is 0 Å². The fourth-order valence-corrected chi connectivity index (χ4v) is 3.21. The molecule has 1 aliphatic rings. The van der Waals surface area contributed by atoms with Crippen LogP contribution in [-0.4, -0.2) is 45.9 Å². The number of esters is 1. The fourth-order valence-electron chi connectivity index (χ4n) is 3.21. The number of imidazole rings is 1. The van der Waals surface area contributed by atoms with Crippen LogP contribution < -0.4 is 0 Å². The quantitative estimate of drug-likeness (QED) is 0.805. The Morgan fingerprint density at radius 1 is 1.42 bits per heavy atom. The van der Waals surface area contributed by atoms with Gasteiger partial charge < -0.3 is 14.0 Å². The molecule has 2 aromatic heterocycles. The predicted molar refractivity (Wildman–Crippen MR) is 89.6 cm³/mol. The molecule has 0 N–H and O–H groups in total. The van der Waals surface area contributed by atoms with Crippen molar-refractivity contribution in [1.82, 2.24) is 14.3 Å². The molecule has 0 bridgehead atoms. The van der Waals surface area contributed by atoms with Crippen molar-refractivity contribution in [2.45, 2.75) is 33.1 Å². The number of hydrogen-bond donors (Lipinski definition) is 0. The van der Waals surface area contributed by atoms with Gasteiger partial charge in [0, 0.05) is 25.5 Å². The molecule has 1 aliphatic heterocycles. The zero-order valence-electron chi connectivity index (χ0n) is 14.2. The molecule has 6 nitrogen and oxygen atoms in total. The van der Waals surface area contributed by atoms with Gasteiger partial charge in [0.15, 0.2) is 0 Å². The summed E-state index contributed by atoms with van der Waals surface area (Å²) in [4.78, 5) is 30.8. The van der Waals surface area contributed by atoms with Crippen LogP contribution in [0.15, 0.2) is 24.5 Å². The molecule has 1 fully saturated rings. The maximum atomic E-state index is 12.6. The molecule has 3 rings (SSSR count). The van der Waals surface area contributed by atoms with Gasteiger partial charge in [-0.3, -0.25) is 9.59 Å². The van der Waals surface area contributed by atoms with Gasteiger partial charge >= 0.3 is 5.97 Å². The van der Waals surface area contributed by atoms with Crippen LogP contribution >= 0.6 is 0 Å². The number of likely N-dealkylation sites (tertiary alicyclic amines) is 1. The number of hydrogen-bond acceptors (Lipinski definition) is 4. The topological polar surface area (TPSA) is 63.9 Å². The molecule has 6 heteroatoms. The van der Waals surface area contributed by atoms with Gasteiger partial charge in [0.25, 0.3) is 0 Å². The SMILES string of the molecule is CCOC(=O)C1CCCN(C(=O)Cc2cn3cccc(C)c3n2)C1. The summed E-state index contributed by atoms with van der Waals surface area (Å²) >= 11 is 0. The summed E-state index contributed by atoms with van der Waals surface area (Å²) in [7, 11) is 0. The molecule has 0 saturated carbocycles. The highest BCUT2D eigenvalue weighted by atomic mass is 16.5. The average molecular weight is 329 g/mol. The number of aryl methyl sites for hydroxylation is 1. The minimum atomic E-state index is -0.203. The van der Waals surface area contributed by atoms with Crippen LogP contribution in [0.5, 0.6) is 0 Å². The standard InChI is InChI=1S/C18H23N3O3/c1-3-24-18(23)14-7-5-8-20(11-14)16(22)10-15-12-21-9-4-6-13(2)17(21)19-15/h4,6,9,12,14H,3,5,7-8,10-11H2,1-2H3. The summed E-state index contributed by atoms with van der Waals surface area (Å²) in [5, 5.41) is 0. The number of carbonyl (C=O) groups is 2. The Balaban J connectivity index is 1.67. The Labute approximate surface area is 141 Å². The molecule has 3 heterocycles. The Hall–Kier alpha value is -2.37. The van der Waals surface area contributed by atoms with Crippen LogP contribution in [0.4, 0.5) is 0 Å². The van der Waals surface area contributed by atoms with Crippen LogP contribution in [0.25, 0.3) is 5.65 Å². The second-order valence-corrected chi connectivity index (χ2v) is 6.26. The van der Waals surface area contributed by atoms with Gasteiger partial charge in [-0.15, -0.1) is 0 Å². The van der Waals surface area contributed by atoms with Crippen molar-refractivity contribution in [3.63, 3.8) is 0 Å². The summed E-state index contributed by atoms with van der Waals surface area (Å²) in [6, 6.07) is 3.96. The van der Waals surface area contributed by atoms with E-state index in [0.29, 0.717) is 19.7 Å². The van der Waals surface area contributed by atoms with Crippen molar-refractivity contribution < 1.29 is 14.3 Å². The maximum Gasteiger partial charge on any atom is 0.310 e. The molecule has 128 valence electrons. The molecule has 1 unspecified atom stereocenters. The van der Waals surface area contributed by atoms with E-state index in [1.54, 1.807) is 11.8 Å². The van der Waals surface area contributed by atoms with Gasteiger partial charge in [-0.05, 0) is 38.3 Å². The summed E-state index contributed by atoms with van der Waals surface area (Å²) in [6.07, 6.45) is 5.71.